The Kier molecular flexibility index (Phi) is 6.84. The zero-order chi connectivity index (χ0) is 12.5. The number of unbranched alkanes of at least 4 members (excludes halogenated alkanes) is 1. The molecule has 1 aromatic carbocycles. The first-order chi connectivity index (χ1) is 8.22. The van der Waals surface area contributed by atoms with E-state index in [4.69, 9.17) is 6.42 Å². The van der Waals surface area contributed by atoms with Crippen molar-refractivity contribution in [3.63, 3.8) is 0 Å². The number of benzene rings is 1. The highest BCUT2D eigenvalue weighted by molar-refractivity contribution is 7.99. The van der Waals surface area contributed by atoms with E-state index in [1.807, 2.05) is 11.8 Å². The summed E-state index contributed by atoms with van der Waals surface area (Å²) < 4.78 is 0. The summed E-state index contributed by atoms with van der Waals surface area (Å²) in [5.74, 6) is 3.77. The number of rotatable bonds is 7. The van der Waals surface area contributed by atoms with Crippen molar-refractivity contribution in [2.45, 2.75) is 44.2 Å². The van der Waals surface area contributed by atoms with Crippen LogP contribution in [0.4, 0.5) is 0 Å². The van der Waals surface area contributed by atoms with E-state index in [0.717, 1.165) is 25.1 Å². The third-order valence-electron chi connectivity index (χ3n) is 2.37. The van der Waals surface area contributed by atoms with Crippen LogP contribution in [0.5, 0.6) is 0 Å². The van der Waals surface area contributed by atoms with Gasteiger partial charge in [0.15, 0.2) is 0 Å². The van der Waals surface area contributed by atoms with Crippen LogP contribution in [0, 0.1) is 12.3 Å². The van der Waals surface area contributed by atoms with E-state index in [2.05, 4.69) is 49.4 Å². The van der Waals surface area contributed by atoms with E-state index < -0.39 is 0 Å². The van der Waals surface area contributed by atoms with E-state index in [-0.39, 0.29) is 0 Å². The Labute approximate surface area is 109 Å². The maximum absolute atomic E-state index is 5.22. The van der Waals surface area contributed by atoms with Crippen LogP contribution in [0.3, 0.4) is 0 Å². The summed E-state index contributed by atoms with van der Waals surface area (Å²) in [4.78, 5) is 1.33. The van der Waals surface area contributed by atoms with Crippen LogP contribution in [0.25, 0.3) is 0 Å². The van der Waals surface area contributed by atoms with Crippen molar-refractivity contribution in [1.29, 1.82) is 0 Å². The van der Waals surface area contributed by atoms with Crippen molar-refractivity contribution >= 4 is 11.8 Å². The Morgan fingerprint density at radius 1 is 1.29 bits per heavy atom. The molecule has 0 unspecified atom stereocenters. The van der Waals surface area contributed by atoms with Crippen LogP contribution in [0.1, 0.15) is 32.3 Å². The van der Waals surface area contributed by atoms with Crippen molar-refractivity contribution in [2.75, 3.05) is 5.75 Å². The van der Waals surface area contributed by atoms with Crippen LogP contribution < -0.4 is 5.32 Å². The van der Waals surface area contributed by atoms with Crippen molar-refractivity contribution in [2.24, 2.45) is 0 Å². The Morgan fingerprint density at radius 3 is 2.59 bits per heavy atom. The summed E-state index contributed by atoms with van der Waals surface area (Å²) in [7, 11) is 0. The topological polar surface area (TPSA) is 12.0 Å². The van der Waals surface area contributed by atoms with Gasteiger partial charge in [0.05, 0.1) is 0 Å². The molecule has 0 saturated heterocycles. The molecule has 1 N–H and O–H groups in total. The molecule has 2 heteroatoms. The molecule has 1 nitrogen and oxygen atoms in total. The second-order valence-corrected chi connectivity index (χ2v) is 5.50. The Hall–Kier alpha value is -0.910. The van der Waals surface area contributed by atoms with E-state index in [1.54, 1.807) is 0 Å². The van der Waals surface area contributed by atoms with Gasteiger partial charge in [0.25, 0.3) is 0 Å². The standard InChI is InChI=1S/C15H21NS/c1-4-5-6-11-17-15-9-7-14(8-10-15)12-16-13(2)3/h1,7-10,13,16H,5-6,11-12H2,2-3H3. The van der Waals surface area contributed by atoms with Gasteiger partial charge in [0.2, 0.25) is 0 Å². The number of terminal acetylenes is 1. The van der Waals surface area contributed by atoms with E-state index >= 15 is 0 Å². The van der Waals surface area contributed by atoms with Crippen molar-refractivity contribution in [3.05, 3.63) is 29.8 Å². The molecule has 1 rings (SSSR count). The summed E-state index contributed by atoms with van der Waals surface area (Å²) in [6.07, 6.45) is 7.19. The Balaban J connectivity index is 2.32. The van der Waals surface area contributed by atoms with Crippen molar-refractivity contribution < 1.29 is 0 Å². The zero-order valence-electron chi connectivity index (χ0n) is 10.7. The number of thioether (sulfide) groups is 1. The average molecular weight is 247 g/mol. The molecule has 92 valence electrons. The fourth-order valence-electron chi connectivity index (χ4n) is 1.39. The molecule has 0 bridgehead atoms. The summed E-state index contributed by atoms with van der Waals surface area (Å²) >= 11 is 1.88. The highest BCUT2D eigenvalue weighted by Crippen LogP contribution is 2.19. The second kappa shape index (κ2) is 8.22. The highest BCUT2D eigenvalue weighted by Gasteiger charge is 1.97. The van der Waals surface area contributed by atoms with E-state index in [9.17, 15) is 0 Å². The molecule has 0 aliphatic carbocycles. The van der Waals surface area contributed by atoms with Crippen molar-refractivity contribution in [3.8, 4) is 12.3 Å². The van der Waals surface area contributed by atoms with Gasteiger partial charge < -0.3 is 5.32 Å². The SMILES string of the molecule is C#CCCCSc1ccc(CNC(C)C)cc1. The molecule has 0 spiro atoms. The van der Waals surface area contributed by atoms with Crippen molar-refractivity contribution in [1.82, 2.24) is 5.32 Å². The fourth-order valence-corrected chi connectivity index (χ4v) is 2.24. The van der Waals surface area contributed by atoms with Crippen LogP contribution in [0.2, 0.25) is 0 Å². The summed E-state index contributed by atoms with van der Waals surface area (Å²) in [5.41, 5.74) is 1.34. The van der Waals surface area contributed by atoms with E-state index in [0.29, 0.717) is 6.04 Å². The molecule has 0 aromatic heterocycles. The summed E-state index contributed by atoms with van der Waals surface area (Å²) in [6, 6.07) is 9.31. The maximum atomic E-state index is 5.22. The number of hydrogen-bond acceptors (Lipinski definition) is 2. The minimum absolute atomic E-state index is 0.535. The highest BCUT2D eigenvalue weighted by atomic mass is 32.2. The molecule has 0 amide bonds. The van der Waals surface area contributed by atoms with Gasteiger partial charge in [-0.3, -0.25) is 0 Å². The molecule has 0 radical (unpaired) electrons. The van der Waals surface area contributed by atoms with Gasteiger partial charge in [-0.05, 0) is 29.9 Å². The quantitative estimate of drug-likeness (QED) is 0.448. The third-order valence-corrected chi connectivity index (χ3v) is 3.47. The third kappa shape index (κ3) is 6.41. The predicted molar refractivity (Wildman–Crippen MR) is 77.2 cm³/mol. The minimum atomic E-state index is 0.535. The Morgan fingerprint density at radius 2 is 2.00 bits per heavy atom. The largest absolute Gasteiger partial charge is 0.310 e. The van der Waals surface area contributed by atoms with Crippen LogP contribution in [-0.2, 0) is 6.54 Å². The first-order valence-electron chi connectivity index (χ1n) is 6.11. The molecule has 1 aromatic rings. The van der Waals surface area contributed by atoms with Gasteiger partial charge in [-0.1, -0.05) is 26.0 Å². The normalized spacial score (nSPS) is 10.5. The van der Waals surface area contributed by atoms with Gasteiger partial charge >= 0.3 is 0 Å². The zero-order valence-corrected chi connectivity index (χ0v) is 11.5. The maximum Gasteiger partial charge on any atom is 0.0207 e. The molecule has 0 aliphatic rings. The Bertz CT molecular complexity index is 348. The molecule has 0 atom stereocenters. The predicted octanol–water partition coefficient (Wildman–Crippen LogP) is 3.69. The smallest absolute Gasteiger partial charge is 0.0207 e. The lowest BCUT2D eigenvalue weighted by molar-refractivity contribution is 0.588. The average Bonchev–Trinajstić information content (AvgIpc) is 2.33. The lowest BCUT2D eigenvalue weighted by Gasteiger charge is -2.08. The summed E-state index contributed by atoms with van der Waals surface area (Å²) in [6.45, 7) is 5.27. The fraction of sp³-hybridized carbons (Fsp3) is 0.467. The molecule has 0 heterocycles. The number of hydrogen-bond donors (Lipinski definition) is 1. The second-order valence-electron chi connectivity index (χ2n) is 4.34. The first-order valence-corrected chi connectivity index (χ1v) is 7.09. The van der Waals surface area contributed by atoms with Gasteiger partial charge in [0.1, 0.15) is 0 Å². The molecule has 0 aliphatic heterocycles. The lowest BCUT2D eigenvalue weighted by Crippen LogP contribution is -2.21. The van der Waals surface area contributed by atoms with Crippen LogP contribution in [-0.4, -0.2) is 11.8 Å². The van der Waals surface area contributed by atoms with Gasteiger partial charge in [-0.2, -0.15) is 0 Å². The minimum Gasteiger partial charge on any atom is -0.310 e. The van der Waals surface area contributed by atoms with Crippen LogP contribution in [0.15, 0.2) is 29.2 Å². The molecule has 0 fully saturated rings. The van der Waals surface area contributed by atoms with Crippen LogP contribution >= 0.6 is 11.8 Å². The monoisotopic (exact) mass is 247 g/mol. The van der Waals surface area contributed by atoms with E-state index in [1.165, 1.54) is 10.5 Å². The lowest BCUT2D eigenvalue weighted by atomic mass is 10.2. The van der Waals surface area contributed by atoms with Gasteiger partial charge in [0, 0.05) is 23.9 Å². The molecular weight excluding hydrogens is 226 g/mol. The molecule has 17 heavy (non-hydrogen) atoms. The van der Waals surface area contributed by atoms with Gasteiger partial charge in [-0.25, -0.2) is 0 Å². The summed E-state index contributed by atoms with van der Waals surface area (Å²) in [5, 5.41) is 3.41. The van der Waals surface area contributed by atoms with Gasteiger partial charge in [-0.15, -0.1) is 24.1 Å². The number of nitrogens with one attached hydrogen (secondary N) is 1. The molecular formula is C15H21NS. The first kappa shape index (κ1) is 14.2. The molecule has 0 saturated carbocycles.